The minimum atomic E-state index is 0.118. The molecule has 1 fully saturated rings. The van der Waals surface area contributed by atoms with Gasteiger partial charge < -0.3 is 4.90 Å². The highest BCUT2D eigenvalue weighted by molar-refractivity contribution is 9.10. The lowest BCUT2D eigenvalue weighted by molar-refractivity contribution is 0.830. The van der Waals surface area contributed by atoms with E-state index < -0.39 is 0 Å². The number of halogens is 2. The van der Waals surface area contributed by atoms with Crippen LogP contribution in [0.15, 0.2) is 4.47 Å². The van der Waals surface area contributed by atoms with Crippen LogP contribution in [0.4, 0.5) is 5.82 Å². The zero-order chi connectivity index (χ0) is 11.5. The van der Waals surface area contributed by atoms with Crippen LogP contribution >= 0.6 is 39.3 Å². The molecule has 0 aliphatic carbocycles. The zero-order valence-corrected chi connectivity index (χ0v) is 11.4. The molecule has 0 spiro atoms. The van der Waals surface area contributed by atoms with Crippen molar-refractivity contribution < 1.29 is 0 Å². The molecule has 0 bridgehead atoms. The Kier molecular flexibility index (Phi) is 3.90. The van der Waals surface area contributed by atoms with Crippen molar-refractivity contribution in [2.45, 2.75) is 0 Å². The van der Waals surface area contributed by atoms with Gasteiger partial charge in [0.25, 0.3) is 0 Å². The number of nitrogens with zero attached hydrogens (tertiary/aromatic N) is 4. The van der Waals surface area contributed by atoms with Crippen LogP contribution in [-0.4, -0.2) is 34.6 Å². The third kappa shape index (κ3) is 2.42. The van der Waals surface area contributed by atoms with Gasteiger partial charge in [-0.2, -0.15) is 22.0 Å². The predicted molar refractivity (Wildman–Crippen MR) is 69.0 cm³/mol. The fourth-order valence-corrected chi connectivity index (χ4v) is 3.05. The van der Waals surface area contributed by atoms with Gasteiger partial charge >= 0.3 is 0 Å². The summed E-state index contributed by atoms with van der Waals surface area (Å²) < 4.78 is 0.631. The maximum atomic E-state index is 8.91. The summed E-state index contributed by atoms with van der Waals surface area (Å²) in [4.78, 5) is 10.2. The Balaban J connectivity index is 2.39. The van der Waals surface area contributed by atoms with E-state index in [4.69, 9.17) is 16.9 Å². The van der Waals surface area contributed by atoms with E-state index in [9.17, 15) is 0 Å². The van der Waals surface area contributed by atoms with Gasteiger partial charge in [-0.3, -0.25) is 0 Å². The molecule has 84 valence electrons. The van der Waals surface area contributed by atoms with Gasteiger partial charge in [-0.25, -0.2) is 4.98 Å². The lowest BCUT2D eigenvalue weighted by atomic mass is 10.4. The molecule has 0 unspecified atom stereocenters. The Hall–Kier alpha value is -0.510. The van der Waals surface area contributed by atoms with Crippen LogP contribution in [0, 0.1) is 11.3 Å². The first kappa shape index (κ1) is 12.0. The van der Waals surface area contributed by atoms with Crippen LogP contribution < -0.4 is 4.90 Å². The maximum absolute atomic E-state index is 8.91. The Labute approximate surface area is 111 Å². The molecule has 2 rings (SSSR count). The number of anilines is 1. The average Bonchev–Trinajstić information content (AvgIpc) is 2.33. The SMILES string of the molecule is N#Cc1nc(Cl)nc(N2CCSCC2)c1Br. The normalized spacial score (nSPS) is 15.9. The molecule has 16 heavy (non-hydrogen) atoms. The van der Waals surface area contributed by atoms with Gasteiger partial charge in [-0.15, -0.1) is 0 Å². The lowest BCUT2D eigenvalue weighted by Crippen LogP contribution is -2.33. The quantitative estimate of drug-likeness (QED) is 0.744. The Morgan fingerprint density at radius 2 is 2.06 bits per heavy atom. The molecule has 4 nitrogen and oxygen atoms in total. The van der Waals surface area contributed by atoms with E-state index in [2.05, 4.69) is 30.8 Å². The first-order chi connectivity index (χ1) is 7.72. The standard InChI is InChI=1S/C9H8BrClN4S/c10-7-6(5-12)13-9(11)14-8(7)15-1-3-16-4-2-15/h1-4H2. The topological polar surface area (TPSA) is 52.8 Å². The summed E-state index contributed by atoms with van der Waals surface area (Å²) in [5, 5.41) is 9.03. The summed E-state index contributed by atoms with van der Waals surface area (Å²) in [6.07, 6.45) is 0. The van der Waals surface area contributed by atoms with E-state index >= 15 is 0 Å². The highest BCUT2D eigenvalue weighted by atomic mass is 79.9. The predicted octanol–water partition coefficient (Wildman–Crippen LogP) is 2.32. The summed E-state index contributed by atoms with van der Waals surface area (Å²) in [5.74, 6) is 2.85. The highest BCUT2D eigenvalue weighted by Gasteiger charge is 2.19. The van der Waals surface area contributed by atoms with Crippen molar-refractivity contribution in [3.63, 3.8) is 0 Å². The molecule has 1 saturated heterocycles. The minimum Gasteiger partial charge on any atom is -0.354 e. The highest BCUT2D eigenvalue weighted by Crippen LogP contribution is 2.29. The summed E-state index contributed by atoms with van der Waals surface area (Å²) in [6.45, 7) is 1.84. The molecule has 2 heterocycles. The fraction of sp³-hybridized carbons (Fsp3) is 0.444. The lowest BCUT2D eigenvalue weighted by Gasteiger charge is -2.28. The molecule has 1 aromatic rings. The van der Waals surface area contributed by atoms with Crippen molar-refractivity contribution in [2.24, 2.45) is 0 Å². The van der Waals surface area contributed by atoms with Crippen LogP contribution in [0.3, 0.4) is 0 Å². The van der Waals surface area contributed by atoms with Crippen molar-refractivity contribution in [2.75, 3.05) is 29.5 Å². The van der Waals surface area contributed by atoms with E-state index in [0.717, 1.165) is 30.4 Å². The van der Waals surface area contributed by atoms with E-state index in [1.165, 1.54) is 0 Å². The monoisotopic (exact) mass is 318 g/mol. The van der Waals surface area contributed by atoms with Gasteiger partial charge in [0.15, 0.2) is 5.69 Å². The van der Waals surface area contributed by atoms with E-state index in [-0.39, 0.29) is 11.0 Å². The molecular weight excluding hydrogens is 312 g/mol. The number of rotatable bonds is 1. The van der Waals surface area contributed by atoms with Gasteiger partial charge in [-0.05, 0) is 27.5 Å². The molecule has 1 aliphatic heterocycles. The van der Waals surface area contributed by atoms with Gasteiger partial charge in [-0.1, -0.05) is 0 Å². The van der Waals surface area contributed by atoms with Crippen molar-refractivity contribution in [1.29, 1.82) is 5.26 Å². The number of hydrogen-bond acceptors (Lipinski definition) is 5. The largest absolute Gasteiger partial charge is 0.354 e. The zero-order valence-electron chi connectivity index (χ0n) is 8.28. The van der Waals surface area contributed by atoms with Gasteiger partial charge in [0.2, 0.25) is 5.28 Å². The Morgan fingerprint density at radius 1 is 1.38 bits per heavy atom. The van der Waals surface area contributed by atoms with Crippen molar-refractivity contribution >= 4 is 45.1 Å². The van der Waals surface area contributed by atoms with Gasteiger partial charge in [0, 0.05) is 24.6 Å². The molecular formula is C9H8BrClN4S. The summed E-state index contributed by atoms with van der Waals surface area (Å²) in [5.41, 5.74) is 0.285. The maximum Gasteiger partial charge on any atom is 0.225 e. The van der Waals surface area contributed by atoms with Crippen molar-refractivity contribution in [3.05, 3.63) is 15.5 Å². The van der Waals surface area contributed by atoms with Crippen LogP contribution in [0.25, 0.3) is 0 Å². The molecule has 0 radical (unpaired) electrons. The number of hydrogen-bond donors (Lipinski definition) is 0. The second-order valence-corrected chi connectivity index (χ2v) is 5.55. The fourth-order valence-electron chi connectivity index (χ4n) is 1.47. The summed E-state index contributed by atoms with van der Waals surface area (Å²) in [7, 11) is 0. The smallest absolute Gasteiger partial charge is 0.225 e. The van der Waals surface area contributed by atoms with Crippen LogP contribution in [0.2, 0.25) is 5.28 Å². The molecule has 0 saturated carbocycles. The van der Waals surface area contributed by atoms with Gasteiger partial charge in [0.05, 0.1) is 4.47 Å². The molecule has 0 N–H and O–H groups in total. The van der Waals surface area contributed by atoms with Crippen molar-refractivity contribution in [1.82, 2.24) is 9.97 Å². The summed E-state index contributed by atoms with van der Waals surface area (Å²) >= 11 is 11.1. The van der Waals surface area contributed by atoms with E-state index in [1.54, 1.807) is 0 Å². The second-order valence-electron chi connectivity index (χ2n) is 3.19. The third-order valence-electron chi connectivity index (χ3n) is 2.22. The molecule has 7 heteroatoms. The van der Waals surface area contributed by atoms with E-state index in [0.29, 0.717) is 4.47 Å². The second kappa shape index (κ2) is 5.21. The Morgan fingerprint density at radius 3 is 2.69 bits per heavy atom. The first-order valence-corrected chi connectivity index (χ1v) is 7.01. The third-order valence-corrected chi connectivity index (χ3v) is 4.06. The number of nitriles is 1. The van der Waals surface area contributed by atoms with Crippen LogP contribution in [0.5, 0.6) is 0 Å². The van der Waals surface area contributed by atoms with Crippen LogP contribution in [-0.2, 0) is 0 Å². The van der Waals surface area contributed by atoms with Crippen molar-refractivity contribution in [3.8, 4) is 6.07 Å². The molecule has 0 atom stereocenters. The Bertz CT molecular complexity index is 442. The average molecular weight is 320 g/mol. The molecule has 0 aromatic carbocycles. The van der Waals surface area contributed by atoms with Crippen LogP contribution in [0.1, 0.15) is 5.69 Å². The molecule has 1 aliphatic rings. The first-order valence-electron chi connectivity index (χ1n) is 4.68. The molecule has 1 aromatic heterocycles. The van der Waals surface area contributed by atoms with Gasteiger partial charge in [0.1, 0.15) is 11.9 Å². The van der Waals surface area contributed by atoms with E-state index in [1.807, 2.05) is 17.8 Å². The number of aromatic nitrogens is 2. The minimum absolute atomic E-state index is 0.118. The summed E-state index contributed by atoms with van der Waals surface area (Å²) in [6, 6.07) is 2.00. The molecule has 0 amide bonds. The number of thioether (sulfide) groups is 1.